The monoisotopic (exact) mass is 404 g/mol. The van der Waals surface area contributed by atoms with Gasteiger partial charge in [0.1, 0.15) is 0 Å². The molecule has 1 saturated heterocycles. The molecule has 1 aliphatic rings. The van der Waals surface area contributed by atoms with Gasteiger partial charge < -0.3 is 19.9 Å². The largest absolute Gasteiger partial charge is 0.418 e. The highest BCUT2D eigenvalue weighted by atomic mass is 19.4. The Morgan fingerprint density at radius 3 is 2.82 bits per heavy atom. The number of rotatable bonds is 10. The Kier molecular flexibility index (Phi) is 8.68. The van der Waals surface area contributed by atoms with Crippen LogP contribution in [0.15, 0.2) is 24.3 Å². The predicted molar refractivity (Wildman–Crippen MR) is 98.0 cm³/mol. The first kappa shape index (κ1) is 22.6. The number of hydrogen-bond acceptors (Lipinski definition) is 5. The van der Waals surface area contributed by atoms with Gasteiger partial charge in [-0.15, -0.1) is 0 Å². The lowest BCUT2D eigenvalue weighted by Gasteiger charge is -2.23. The highest BCUT2D eigenvalue weighted by Gasteiger charge is 2.33. The number of likely N-dealkylation sites (N-methyl/N-ethyl adjacent to an activating group) is 1. The maximum Gasteiger partial charge on any atom is 0.418 e. The minimum Gasteiger partial charge on any atom is -0.389 e. The van der Waals surface area contributed by atoms with Crippen LogP contribution in [0.2, 0.25) is 0 Å². The summed E-state index contributed by atoms with van der Waals surface area (Å²) in [4.78, 5) is 13.8. The molecule has 2 N–H and O–H groups in total. The van der Waals surface area contributed by atoms with Crippen molar-refractivity contribution in [2.24, 2.45) is 0 Å². The van der Waals surface area contributed by atoms with E-state index in [0.29, 0.717) is 13.2 Å². The molecule has 0 saturated carbocycles. The third kappa shape index (κ3) is 7.38. The van der Waals surface area contributed by atoms with E-state index in [0.717, 1.165) is 25.5 Å². The summed E-state index contributed by atoms with van der Waals surface area (Å²) in [6, 6.07) is 4.83. The average molecular weight is 404 g/mol. The first-order valence-electron chi connectivity index (χ1n) is 9.35. The van der Waals surface area contributed by atoms with E-state index >= 15 is 0 Å². The van der Waals surface area contributed by atoms with E-state index < -0.39 is 23.8 Å². The SMILES string of the molecule is CCN(CC(=O)Nc1ccccc1C(F)(F)F)CC(O)COCC1CCCO1. The second-order valence-corrected chi connectivity index (χ2v) is 6.75. The Labute approximate surface area is 162 Å². The number of alkyl halides is 3. The fourth-order valence-electron chi connectivity index (χ4n) is 3.00. The molecule has 0 aromatic heterocycles. The van der Waals surface area contributed by atoms with Crippen LogP contribution in [0.5, 0.6) is 0 Å². The summed E-state index contributed by atoms with van der Waals surface area (Å²) in [6.07, 6.45) is -3.35. The highest BCUT2D eigenvalue weighted by molar-refractivity contribution is 5.93. The fraction of sp³-hybridized carbons (Fsp3) is 0.632. The number of nitrogens with zero attached hydrogens (tertiary/aromatic N) is 1. The molecule has 1 heterocycles. The van der Waals surface area contributed by atoms with Crippen LogP contribution in [-0.4, -0.2) is 67.6 Å². The number of carbonyl (C=O) groups excluding carboxylic acids is 1. The first-order chi connectivity index (χ1) is 13.3. The molecule has 1 fully saturated rings. The summed E-state index contributed by atoms with van der Waals surface area (Å²) in [6.45, 7) is 3.55. The van der Waals surface area contributed by atoms with Crippen molar-refractivity contribution in [2.75, 3.05) is 44.8 Å². The molecule has 0 bridgehead atoms. The van der Waals surface area contributed by atoms with E-state index in [1.807, 2.05) is 0 Å². The molecule has 2 rings (SSSR count). The number of nitrogens with one attached hydrogen (secondary N) is 1. The van der Waals surface area contributed by atoms with E-state index in [1.54, 1.807) is 11.8 Å². The summed E-state index contributed by atoms with van der Waals surface area (Å²) >= 11 is 0. The first-order valence-corrected chi connectivity index (χ1v) is 9.35. The predicted octanol–water partition coefficient (Wildman–Crippen LogP) is 2.52. The minimum atomic E-state index is -4.55. The van der Waals surface area contributed by atoms with Gasteiger partial charge in [-0.05, 0) is 31.5 Å². The molecule has 0 radical (unpaired) electrons. The van der Waals surface area contributed by atoms with Crippen molar-refractivity contribution < 1.29 is 32.5 Å². The Morgan fingerprint density at radius 1 is 1.43 bits per heavy atom. The smallest absolute Gasteiger partial charge is 0.389 e. The van der Waals surface area contributed by atoms with Gasteiger partial charge in [0.15, 0.2) is 0 Å². The van der Waals surface area contributed by atoms with Gasteiger partial charge in [-0.25, -0.2) is 0 Å². The van der Waals surface area contributed by atoms with Gasteiger partial charge in [-0.1, -0.05) is 19.1 Å². The average Bonchev–Trinajstić information content (AvgIpc) is 3.14. The van der Waals surface area contributed by atoms with Gasteiger partial charge in [0.25, 0.3) is 0 Å². The van der Waals surface area contributed by atoms with E-state index in [2.05, 4.69) is 5.32 Å². The highest BCUT2D eigenvalue weighted by Crippen LogP contribution is 2.34. The molecule has 9 heteroatoms. The summed E-state index contributed by atoms with van der Waals surface area (Å²) < 4.78 is 49.9. The Balaban J connectivity index is 1.79. The number of para-hydroxylation sites is 1. The number of benzene rings is 1. The van der Waals surface area contributed by atoms with Gasteiger partial charge in [0.2, 0.25) is 5.91 Å². The normalized spacial score (nSPS) is 18.4. The standard InChI is InChI=1S/C19H27F3N2O4/c1-2-24(10-14(25)12-27-13-15-6-5-9-28-15)11-18(26)23-17-8-4-3-7-16(17)19(20,21)22/h3-4,7-8,14-15,25H,2,5-6,9-13H2,1H3,(H,23,26). The lowest BCUT2D eigenvalue weighted by atomic mass is 10.1. The van der Waals surface area contributed by atoms with Crippen molar-refractivity contribution in [1.82, 2.24) is 4.90 Å². The topological polar surface area (TPSA) is 71.0 Å². The van der Waals surface area contributed by atoms with Crippen LogP contribution in [0.3, 0.4) is 0 Å². The van der Waals surface area contributed by atoms with Gasteiger partial charge >= 0.3 is 6.18 Å². The number of anilines is 1. The number of carbonyl (C=O) groups is 1. The number of hydrogen-bond donors (Lipinski definition) is 2. The maximum atomic E-state index is 13.0. The van der Waals surface area contributed by atoms with Crippen molar-refractivity contribution in [2.45, 2.75) is 38.1 Å². The zero-order valence-electron chi connectivity index (χ0n) is 15.9. The quantitative estimate of drug-likeness (QED) is 0.627. The zero-order chi connectivity index (χ0) is 20.6. The Hall–Kier alpha value is -1.68. The molecular weight excluding hydrogens is 377 g/mol. The lowest BCUT2D eigenvalue weighted by Crippen LogP contribution is -2.40. The fourth-order valence-corrected chi connectivity index (χ4v) is 3.00. The van der Waals surface area contributed by atoms with Gasteiger partial charge in [-0.2, -0.15) is 13.2 Å². The van der Waals surface area contributed by atoms with Crippen molar-refractivity contribution in [3.8, 4) is 0 Å². The second kappa shape index (κ2) is 10.8. The zero-order valence-corrected chi connectivity index (χ0v) is 15.9. The lowest BCUT2D eigenvalue weighted by molar-refractivity contribution is -0.137. The number of ether oxygens (including phenoxy) is 2. The van der Waals surface area contributed by atoms with Crippen LogP contribution in [0, 0.1) is 0 Å². The molecule has 2 unspecified atom stereocenters. The van der Waals surface area contributed by atoms with E-state index in [-0.39, 0.29) is 31.5 Å². The van der Waals surface area contributed by atoms with Crippen molar-refractivity contribution in [3.05, 3.63) is 29.8 Å². The molecule has 1 aromatic rings. The van der Waals surface area contributed by atoms with Gasteiger partial charge in [0.05, 0.1) is 43.2 Å². The van der Waals surface area contributed by atoms with Crippen LogP contribution < -0.4 is 5.32 Å². The van der Waals surface area contributed by atoms with E-state index in [9.17, 15) is 23.1 Å². The molecule has 2 atom stereocenters. The maximum absolute atomic E-state index is 13.0. The number of aliphatic hydroxyl groups is 1. The summed E-state index contributed by atoms with van der Waals surface area (Å²) in [5, 5.41) is 12.4. The molecule has 1 amide bonds. The summed E-state index contributed by atoms with van der Waals surface area (Å²) in [5.41, 5.74) is -1.18. The Bertz CT molecular complexity index is 621. The summed E-state index contributed by atoms with van der Waals surface area (Å²) in [7, 11) is 0. The molecular formula is C19H27F3N2O4. The minimum absolute atomic E-state index is 0.0638. The molecule has 0 aliphatic carbocycles. The van der Waals surface area contributed by atoms with E-state index in [1.165, 1.54) is 18.2 Å². The molecule has 158 valence electrons. The third-order valence-electron chi connectivity index (χ3n) is 4.43. The number of amides is 1. The van der Waals surface area contributed by atoms with E-state index in [4.69, 9.17) is 9.47 Å². The van der Waals surface area contributed by atoms with Crippen LogP contribution in [0.4, 0.5) is 18.9 Å². The van der Waals surface area contributed by atoms with Crippen LogP contribution in [-0.2, 0) is 20.4 Å². The van der Waals surface area contributed by atoms with Gasteiger partial charge in [-0.3, -0.25) is 9.69 Å². The van der Waals surface area contributed by atoms with Crippen LogP contribution >= 0.6 is 0 Å². The molecule has 1 aliphatic heterocycles. The Morgan fingerprint density at radius 2 is 2.18 bits per heavy atom. The van der Waals surface area contributed by atoms with Crippen molar-refractivity contribution in [1.29, 1.82) is 0 Å². The van der Waals surface area contributed by atoms with Crippen LogP contribution in [0.1, 0.15) is 25.3 Å². The molecule has 6 nitrogen and oxygen atoms in total. The second-order valence-electron chi connectivity index (χ2n) is 6.75. The molecule has 28 heavy (non-hydrogen) atoms. The third-order valence-corrected chi connectivity index (χ3v) is 4.43. The van der Waals surface area contributed by atoms with Crippen molar-refractivity contribution >= 4 is 11.6 Å². The number of halogens is 3. The van der Waals surface area contributed by atoms with Crippen molar-refractivity contribution in [3.63, 3.8) is 0 Å². The molecule has 1 aromatic carbocycles. The molecule has 0 spiro atoms. The number of aliphatic hydroxyl groups excluding tert-OH is 1. The van der Waals surface area contributed by atoms with Crippen LogP contribution in [0.25, 0.3) is 0 Å². The summed E-state index contributed by atoms with van der Waals surface area (Å²) in [5.74, 6) is -0.578. The van der Waals surface area contributed by atoms with Gasteiger partial charge in [0, 0.05) is 13.2 Å².